The van der Waals surface area contributed by atoms with Crippen molar-refractivity contribution in [1.29, 1.82) is 0 Å². The lowest BCUT2D eigenvalue weighted by Gasteiger charge is -2.47. The number of carbonyl (C=O) groups excluding carboxylic acids is 3. The molecule has 0 spiro atoms. The second kappa shape index (κ2) is 13.5. The third kappa shape index (κ3) is 6.73. The van der Waals surface area contributed by atoms with Gasteiger partial charge in [-0.2, -0.15) is 0 Å². The predicted molar refractivity (Wildman–Crippen MR) is 172 cm³/mol. The Morgan fingerprint density at radius 3 is 2.43 bits per heavy atom. The minimum Gasteiger partial charge on any atom is -0.457 e. The van der Waals surface area contributed by atoms with Crippen molar-refractivity contribution in [2.75, 3.05) is 6.61 Å². The number of ether oxygens (including phenoxy) is 3. The van der Waals surface area contributed by atoms with E-state index in [-0.39, 0.29) is 32.5 Å². The molecule has 4 bridgehead atoms. The van der Waals surface area contributed by atoms with Crippen LogP contribution in [0.25, 0.3) is 0 Å². The number of benzene rings is 1. The number of halogens is 1. The number of fused-ring (bicyclic) bond motifs is 11. The minimum atomic E-state index is -3.00. The summed E-state index contributed by atoms with van der Waals surface area (Å²) in [5.74, 6) is -3.03. The highest BCUT2D eigenvalue weighted by Crippen LogP contribution is 2.48. The fourth-order valence-corrected chi connectivity index (χ4v) is 7.57. The summed E-state index contributed by atoms with van der Waals surface area (Å²) in [5, 5.41) is 12.3. The van der Waals surface area contributed by atoms with E-state index in [4.69, 9.17) is 25.6 Å². The van der Waals surface area contributed by atoms with Crippen LogP contribution >= 0.6 is 0 Å². The Bertz CT molecular complexity index is 1430. The summed E-state index contributed by atoms with van der Waals surface area (Å²) < 4.78 is 35.1. The number of hydrogen-bond acceptors (Lipinski definition) is 8. The average molecular weight is 639 g/mol. The molecule has 250 valence electrons. The van der Waals surface area contributed by atoms with Crippen LogP contribution in [-0.4, -0.2) is 69.5 Å². The van der Waals surface area contributed by atoms with Gasteiger partial charge in [0.15, 0.2) is 5.78 Å². The Morgan fingerprint density at radius 1 is 1.17 bits per heavy atom. The molecule has 9 atom stereocenters. The van der Waals surface area contributed by atoms with Crippen molar-refractivity contribution in [3.8, 4) is 12.3 Å². The molecule has 2 fully saturated rings. The van der Waals surface area contributed by atoms with E-state index in [2.05, 4.69) is 10.9 Å². The van der Waals surface area contributed by atoms with Gasteiger partial charge >= 0.3 is 5.97 Å². The minimum absolute atomic E-state index is 0.0251. The highest BCUT2D eigenvalue weighted by Gasteiger charge is 2.58. The van der Waals surface area contributed by atoms with E-state index in [0.717, 1.165) is 12.5 Å². The number of terminal acetylenes is 1. The molecule has 1 aromatic carbocycles. The number of rotatable bonds is 4. The molecule has 4 aliphatic heterocycles. The third-order valence-corrected chi connectivity index (χ3v) is 10.1. The highest BCUT2D eigenvalue weighted by atomic mass is 19.1. The zero-order chi connectivity index (χ0) is 34.1. The molecular formula is C36H47FN2O7. The second-order valence-electron chi connectivity index (χ2n) is 13.6. The molecule has 10 heteroatoms. The van der Waals surface area contributed by atoms with Crippen molar-refractivity contribution >= 4 is 29.1 Å². The van der Waals surface area contributed by atoms with Crippen molar-refractivity contribution in [3.05, 3.63) is 35.9 Å². The molecule has 5 rings (SSSR count). The van der Waals surface area contributed by atoms with Gasteiger partial charge < -0.3 is 19.3 Å². The number of amides is 1. The van der Waals surface area contributed by atoms with E-state index in [9.17, 15) is 19.5 Å². The lowest BCUT2D eigenvalue weighted by molar-refractivity contribution is -0.192. The Balaban J connectivity index is 2.04. The first kappa shape index (κ1) is 35.6. The quantitative estimate of drug-likeness (QED) is 0.273. The van der Waals surface area contributed by atoms with Crippen molar-refractivity contribution in [2.45, 2.75) is 116 Å². The van der Waals surface area contributed by atoms with Gasteiger partial charge in [-0.3, -0.25) is 14.6 Å². The van der Waals surface area contributed by atoms with Crippen molar-refractivity contribution in [1.82, 2.24) is 0 Å². The fraction of sp³-hybridized carbons (Fsp3) is 0.639. The SMILES string of the molecule is C#C[C@]12C[C@@H](C)C(=O)[C@](C)(F)C(=O)O[C@H](CC)[C@@](C)(O)[C@@H]3CCC(=NC(OCc4ccccc4)(C(=NC(C)=O)[C@H](C)C1)[C@@H]3C)CO2. The van der Waals surface area contributed by atoms with Crippen LogP contribution in [0.1, 0.15) is 86.1 Å². The molecule has 9 nitrogen and oxygen atoms in total. The summed E-state index contributed by atoms with van der Waals surface area (Å²) in [6.07, 6.45) is 5.84. The van der Waals surface area contributed by atoms with Crippen LogP contribution in [0.4, 0.5) is 4.39 Å². The summed E-state index contributed by atoms with van der Waals surface area (Å²) >= 11 is 0. The zero-order valence-corrected chi connectivity index (χ0v) is 28.0. The lowest BCUT2D eigenvalue weighted by atomic mass is 9.68. The van der Waals surface area contributed by atoms with Gasteiger partial charge in [-0.05, 0) is 57.4 Å². The number of carbonyl (C=O) groups is 3. The normalized spacial score (nSPS) is 39.8. The van der Waals surface area contributed by atoms with Crippen LogP contribution in [0.15, 0.2) is 40.3 Å². The van der Waals surface area contributed by atoms with Gasteiger partial charge in [-0.15, -0.1) is 6.42 Å². The van der Waals surface area contributed by atoms with Crippen LogP contribution in [-0.2, 0) is 35.2 Å². The van der Waals surface area contributed by atoms with Gasteiger partial charge in [0.1, 0.15) is 17.3 Å². The summed E-state index contributed by atoms with van der Waals surface area (Å²) in [5.41, 5.74) is -5.93. The number of aliphatic hydroxyl groups is 1. The Hall–Kier alpha value is -3.26. The lowest BCUT2D eigenvalue weighted by Crippen LogP contribution is -2.58. The molecule has 1 unspecified atom stereocenters. The molecule has 4 aliphatic rings. The molecule has 1 aromatic rings. The average Bonchev–Trinajstić information content (AvgIpc) is 3.13. The zero-order valence-electron chi connectivity index (χ0n) is 28.0. The summed E-state index contributed by atoms with van der Waals surface area (Å²) in [6.45, 7) is 10.8. The summed E-state index contributed by atoms with van der Waals surface area (Å²) in [4.78, 5) is 49.5. The first-order valence-electron chi connectivity index (χ1n) is 16.2. The molecule has 2 saturated heterocycles. The van der Waals surface area contributed by atoms with Crippen LogP contribution in [0, 0.1) is 36.0 Å². The van der Waals surface area contributed by atoms with E-state index in [1.54, 1.807) is 13.8 Å². The van der Waals surface area contributed by atoms with Gasteiger partial charge in [0.25, 0.3) is 5.67 Å². The largest absolute Gasteiger partial charge is 0.457 e. The summed E-state index contributed by atoms with van der Waals surface area (Å²) in [6, 6.07) is 9.51. The van der Waals surface area contributed by atoms with Crippen LogP contribution in [0.3, 0.4) is 0 Å². The van der Waals surface area contributed by atoms with Crippen LogP contribution < -0.4 is 0 Å². The number of aliphatic imine (C=N–C) groups is 2. The molecular weight excluding hydrogens is 591 g/mol. The van der Waals surface area contributed by atoms with Gasteiger partial charge in [0.05, 0.1) is 18.9 Å². The van der Waals surface area contributed by atoms with E-state index in [1.807, 2.05) is 44.2 Å². The monoisotopic (exact) mass is 638 g/mol. The van der Waals surface area contributed by atoms with Gasteiger partial charge in [0, 0.05) is 30.4 Å². The van der Waals surface area contributed by atoms with Crippen LogP contribution in [0.5, 0.6) is 0 Å². The van der Waals surface area contributed by atoms with Crippen molar-refractivity contribution < 1.29 is 38.1 Å². The maximum Gasteiger partial charge on any atom is 0.351 e. The molecule has 0 aromatic heterocycles. The molecule has 0 saturated carbocycles. The predicted octanol–water partition coefficient (Wildman–Crippen LogP) is 5.21. The number of Topliss-reactive ketones (excluding diaryl/α,β-unsaturated/α-hetero) is 1. The first-order valence-corrected chi connectivity index (χ1v) is 16.2. The standard InChI is InChI=1S/C36H47FN2O7/c1-9-29-34(8,43)28-17-16-27-21-44-35(10-2,19-23(4)31(41)33(7,37)32(42)46-29)18-22(3)30(38-25(6)40)36(39-27,24(28)5)45-20-26-14-12-11-13-15-26/h2,11-15,22-24,28-29,43H,9,16-21H2,1,3-8H3/t22-,23-,24-,28-,29-,33+,34+,35-,36?/m1/s1. The maximum absolute atomic E-state index is 16.1. The van der Waals surface area contributed by atoms with E-state index >= 15 is 4.39 Å². The van der Waals surface area contributed by atoms with Crippen LogP contribution in [0.2, 0.25) is 0 Å². The number of hydrogen-bond donors (Lipinski definition) is 1. The van der Waals surface area contributed by atoms with Crippen molar-refractivity contribution in [2.24, 2.45) is 33.7 Å². The molecule has 46 heavy (non-hydrogen) atoms. The smallest absolute Gasteiger partial charge is 0.351 e. The Morgan fingerprint density at radius 2 is 1.83 bits per heavy atom. The van der Waals surface area contributed by atoms with Gasteiger partial charge in [-0.25, -0.2) is 14.2 Å². The van der Waals surface area contributed by atoms with Crippen molar-refractivity contribution in [3.63, 3.8) is 0 Å². The van der Waals surface area contributed by atoms with Gasteiger partial charge in [0.2, 0.25) is 11.6 Å². The fourth-order valence-electron chi connectivity index (χ4n) is 7.57. The van der Waals surface area contributed by atoms with Gasteiger partial charge in [-0.1, -0.05) is 63.9 Å². The second-order valence-corrected chi connectivity index (χ2v) is 13.6. The molecule has 0 radical (unpaired) electrons. The Labute approximate surface area is 271 Å². The third-order valence-electron chi connectivity index (χ3n) is 10.1. The highest BCUT2D eigenvalue weighted by molar-refractivity contribution is 6.08. The van der Waals surface area contributed by atoms with E-state index < -0.39 is 70.0 Å². The molecule has 0 aliphatic carbocycles. The number of esters is 1. The molecule has 1 N–H and O–H groups in total. The molecule has 4 heterocycles. The molecule has 1 amide bonds. The topological polar surface area (TPSA) is 124 Å². The van der Waals surface area contributed by atoms with E-state index in [0.29, 0.717) is 24.3 Å². The van der Waals surface area contributed by atoms with E-state index in [1.165, 1.54) is 13.8 Å². The maximum atomic E-state index is 16.1. The Kier molecular flexibility index (Phi) is 10.4. The number of nitrogens with zero attached hydrogens (tertiary/aromatic N) is 2. The first-order chi connectivity index (χ1) is 21.5. The number of ketones is 1. The summed E-state index contributed by atoms with van der Waals surface area (Å²) in [7, 11) is 0. The number of alkyl halides is 1.